The van der Waals surface area contributed by atoms with Crippen LogP contribution in [0.25, 0.3) is 5.69 Å². The average Bonchev–Trinajstić information content (AvgIpc) is 3.30. The fourth-order valence-corrected chi connectivity index (χ4v) is 4.53. The second-order valence-electron chi connectivity index (χ2n) is 7.95. The lowest BCUT2D eigenvalue weighted by Gasteiger charge is -2.31. The van der Waals surface area contributed by atoms with E-state index < -0.39 is 0 Å². The van der Waals surface area contributed by atoms with Crippen LogP contribution in [0.5, 0.6) is 0 Å². The van der Waals surface area contributed by atoms with E-state index in [-0.39, 0.29) is 5.91 Å². The molecule has 27 heavy (non-hydrogen) atoms. The molecule has 0 unspecified atom stereocenters. The minimum absolute atomic E-state index is 0.132. The summed E-state index contributed by atoms with van der Waals surface area (Å²) >= 11 is 0. The smallest absolute Gasteiger partial charge is 0.274 e. The maximum absolute atomic E-state index is 13.2. The van der Waals surface area contributed by atoms with Gasteiger partial charge < -0.3 is 10.2 Å². The van der Waals surface area contributed by atoms with E-state index in [0.29, 0.717) is 5.69 Å². The standard InChI is InChI=1S/C22H30N4O/c1-16-6-3-4-8-19(16)26-20-9-5-7-18(20)21(24-26)22(27)25-14-11-17(12-15-25)10-13-23-2/h3-4,6,8,17,23H,5,7,9-15H2,1-2H3. The van der Waals surface area contributed by atoms with Crippen LogP contribution in [0.4, 0.5) is 0 Å². The molecule has 2 aliphatic rings. The normalized spacial score (nSPS) is 17.3. The minimum Gasteiger partial charge on any atom is -0.337 e. The molecule has 1 aliphatic carbocycles. The minimum atomic E-state index is 0.132. The van der Waals surface area contributed by atoms with Gasteiger partial charge in [0, 0.05) is 24.3 Å². The maximum Gasteiger partial charge on any atom is 0.274 e. The number of nitrogens with zero attached hydrogens (tertiary/aromatic N) is 3. The predicted molar refractivity (Wildman–Crippen MR) is 107 cm³/mol. The second-order valence-corrected chi connectivity index (χ2v) is 7.95. The number of likely N-dealkylation sites (tertiary alicyclic amines) is 1. The Kier molecular flexibility index (Phi) is 5.30. The lowest BCUT2D eigenvalue weighted by atomic mass is 9.93. The topological polar surface area (TPSA) is 50.2 Å². The van der Waals surface area contributed by atoms with Crippen molar-refractivity contribution in [2.45, 2.75) is 45.4 Å². The molecular weight excluding hydrogens is 336 g/mol. The van der Waals surface area contributed by atoms with E-state index in [4.69, 9.17) is 5.10 Å². The lowest BCUT2D eigenvalue weighted by Crippen LogP contribution is -2.39. The Labute approximate surface area is 161 Å². The Balaban J connectivity index is 1.56. The van der Waals surface area contributed by atoms with Crippen LogP contribution in [0.15, 0.2) is 24.3 Å². The van der Waals surface area contributed by atoms with Crippen molar-refractivity contribution in [1.29, 1.82) is 0 Å². The number of hydrogen-bond donors (Lipinski definition) is 1. The number of carbonyl (C=O) groups is 1. The van der Waals surface area contributed by atoms with Gasteiger partial charge in [-0.3, -0.25) is 4.79 Å². The van der Waals surface area contributed by atoms with E-state index in [0.717, 1.165) is 63.3 Å². The number of nitrogens with one attached hydrogen (secondary N) is 1. The third-order valence-corrected chi connectivity index (χ3v) is 6.18. The van der Waals surface area contributed by atoms with Gasteiger partial charge in [-0.2, -0.15) is 5.10 Å². The summed E-state index contributed by atoms with van der Waals surface area (Å²) in [6.07, 6.45) is 6.51. The molecule has 1 saturated heterocycles. The van der Waals surface area contributed by atoms with Crippen LogP contribution >= 0.6 is 0 Å². The number of rotatable bonds is 5. The summed E-state index contributed by atoms with van der Waals surface area (Å²) in [5.74, 6) is 0.865. The second kappa shape index (κ2) is 7.85. The Morgan fingerprint density at radius 3 is 2.74 bits per heavy atom. The van der Waals surface area contributed by atoms with Crippen molar-refractivity contribution in [2.75, 3.05) is 26.7 Å². The van der Waals surface area contributed by atoms with Crippen molar-refractivity contribution in [3.8, 4) is 5.69 Å². The summed E-state index contributed by atoms with van der Waals surface area (Å²) in [5.41, 5.74) is 5.40. The number of fused-ring (bicyclic) bond motifs is 1. The number of carbonyl (C=O) groups excluding carboxylic acids is 1. The van der Waals surface area contributed by atoms with Crippen molar-refractivity contribution in [3.05, 3.63) is 46.8 Å². The molecule has 0 radical (unpaired) electrons. The van der Waals surface area contributed by atoms with Gasteiger partial charge >= 0.3 is 0 Å². The molecule has 1 aromatic heterocycles. The molecule has 4 rings (SSSR count). The zero-order valence-electron chi connectivity index (χ0n) is 16.5. The number of aryl methyl sites for hydroxylation is 1. The van der Waals surface area contributed by atoms with E-state index in [9.17, 15) is 4.79 Å². The van der Waals surface area contributed by atoms with E-state index in [1.165, 1.54) is 23.2 Å². The molecule has 1 N–H and O–H groups in total. The SMILES string of the molecule is CNCCC1CCN(C(=O)c2nn(-c3ccccc3C)c3c2CCC3)CC1. The predicted octanol–water partition coefficient (Wildman–Crippen LogP) is 3.13. The third kappa shape index (κ3) is 3.53. The van der Waals surface area contributed by atoms with Crippen LogP contribution < -0.4 is 5.32 Å². The molecule has 144 valence electrons. The quantitative estimate of drug-likeness (QED) is 0.884. The third-order valence-electron chi connectivity index (χ3n) is 6.18. The molecule has 1 aliphatic heterocycles. The van der Waals surface area contributed by atoms with Crippen molar-refractivity contribution in [2.24, 2.45) is 5.92 Å². The largest absolute Gasteiger partial charge is 0.337 e. The summed E-state index contributed by atoms with van der Waals surface area (Å²) in [6.45, 7) is 4.89. The van der Waals surface area contributed by atoms with Gasteiger partial charge in [-0.1, -0.05) is 18.2 Å². The summed E-state index contributed by atoms with van der Waals surface area (Å²) in [6, 6.07) is 8.30. The van der Waals surface area contributed by atoms with Gasteiger partial charge in [0.2, 0.25) is 0 Å². The molecular formula is C22H30N4O. The van der Waals surface area contributed by atoms with Crippen molar-refractivity contribution >= 4 is 5.91 Å². The molecule has 1 aromatic carbocycles. The Hall–Kier alpha value is -2.14. The van der Waals surface area contributed by atoms with Crippen LogP contribution in [0.1, 0.15) is 53.0 Å². The molecule has 0 bridgehead atoms. The van der Waals surface area contributed by atoms with Gasteiger partial charge in [0.1, 0.15) is 0 Å². The number of benzene rings is 1. The monoisotopic (exact) mass is 366 g/mol. The first-order chi connectivity index (χ1) is 13.2. The van der Waals surface area contributed by atoms with Gasteiger partial charge in [0.15, 0.2) is 5.69 Å². The molecule has 2 aromatic rings. The molecule has 1 fully saturated rings. The van der Waals surface area contributed by atoms with E-state index in [1.54, 1.807) is 0 Å². The highest BCUT2D eigenvalue weighted by atomic mass is 16.2. The maximum atomic E-state index is 13.2. The van der Waals surface area contributed by atoms with Gasteiger partial charge in [0.05, 0.1) is 5.69 Å². The van der Waals surface area contributed by atoms with Crippen LogP contribution in [-0.4, -0.2) is 47.3 Å². The molecule has 0 saturated carbocycles. The van der Waals surface area contributed by atoms with E-state index >= 15 is 0 Å². The first-order valence-corrected chi connectivity index (χ1v) is 10.3. The zero-order valence-corrected chi connectivity index (χ0v) is 16.5. The number of amides is 1. The first-order valence-electron chi connectivity index (χ1n) is 10.3. The number of hydrogen-bond acceptors (Lipinski definition) is 3. The lowest BCUT2D eigenvalue weighted by molar-refractivity contribution is 0.0679. The van der Waals surface area contributed by atoms with Crippen LogP contribution in [0.2, 0.25) is 0 Å². The molecule has 0 spiro atoms. The number of piperidine rings is 1. The molecule has 5 heteroatoms. The zero-order chi connectivity index (χ0) is 18.8. The number of aromatic nitrogens is 2. The van der Waals surface area contributed by atoms with Gasteiger partial charge in [-0.15, -0.1) is 0 Å². The van der Waals surface area contributed by atoms with Crippen molar-refractivity contribution in [3.63, 3.8) is 0 Å². The van der Waals surface area contributed by atoms with E-state index in [2.05, 4.69) is 24.4 Å². The number of para-hydroxylation sites is 1. The van der Waals surface area contributed by atoms with Crippen molar-refractivity contribution < 1.29 is 4.79 Å². The molecule has 1 amide bonds. The molecule has 5 nitrogen and oxygen atoms in total. The summed E-state index contributed by atoms with van der Waals surface area (Å²) in [5, 5.41) is 8.05. The summed E-state index contributed by atoms with van der Waals surface area (Å²) in [4.78, 5) is 15.3. The fourth-order valence-electron chi connectivity index (χ4n) is 4.53. The fraction of sp³-hybridized carbons (Fsp3) is 0.545. The summed E-state index contributed by atoms with van der Waals surface area (Å²) < 4.78 is 2.03. The average molecular weight is 367 g/mol. The van der Waals surface area contributed by atoms with Crippen LogP contribution in [-0.2, 0) is 12.8 Å². The van der Waals surface area contributed by atoms with E-state index in [1.807, 2.05) is 28.8 Å². The Morgan fingerprint density at radius 1 is 1.22 bits per heavy atom. The molecule has 2 heterocycles. The Bertz CT molecular complexity index is 818. The first kappa shape index (κ1) is 18.2. The van der Waals surface area contributed by atoms with Crippen LogP contribution in [0, 0.1) is 12.8 Å². The van der Waals surface area contributed by atoms with Crippen molar-refractivity contribution in [1.82, 2.24) is 20.0 Å². The highest BCUT2D eigenvalue weighted by Gasteiger charge is 2.31. The van der Waals surface area contributed by atoms with Gasteiger partial charge in [-0.05, 0) is 76.6 Å². The van der Waals surface area contributed by atoms with Gasteiger partial charge in [0.25, 0.3) is 5.91 Å². The van der Waals surface area contributed by atoms with Crippen LogP contribution in [0.3, 0.4) is 0 Å². The Morgan fingerprint density at radius 2 is 2.00 bits per heavy atom. The van der Waals surface area contributed by atoms with Gasteiger partial charge in [-0.25, -0.2) is 4.68 Å². The highest BCUT2D eigenvalue weighted by Crippen LogP contribution is 2.30. The highest BCUT2D eigenvalue weighted by molar-refractivity contribution is 5.94. The summed E-state index contributed by atoms with van der Waals surface area (Å²) in [7, 11) is 2.00. The molecule has 0 atom stereocenters.